The summed E-state index contributed by atoms with van der Waals surface area (Å²) in [7, 11) is 0. The number of nitro groups is 1. The van der Waals surface area contributed by atoms with Gasteiger partial charge in [0.25, 0.3) is 5.69 Å². The molecule has 2 aromatic carbocycles. The summed E-state index contributed by atoms with van der Waals surface area (Å²) in [6, 6.07) is 12.3. The molecule has 0 bridgehead atoms. The third kappa shape index (κ3) is 8.69. The molecular weight excluding hydrogens is 650 g/mol. The van der Waals surface area contributed by atoms with E-state index in [1.165, 1.54) is 31.4 Å². The molecule has 0 radical (unpaired) electrons. The van der Waals surface area contributed by atoms with Gasteiger partial charge in [0.05, 0.1) is 21.6 Å². The van der Waals surface area contributed by atoms with E-state index in [0.29, 0.717) is 12.2 Å². The number of hydrogen-bond donors (Lipinski definition) is 3. The Bertz CT molecular complexity index is 1730. The Labute approximate surface area is 292 Å². The lowest BCUT2D eigenvalue weighted by Crippen LogP contribution is -2.55. The van der Waals surface area contributed by atoms with Crippen molar-refractivity contribution in [1.82, 2.24) is 25.1 Å². The summed E-state index contributed by atoms with van der Waals surface area (Å²) in [4.78, 5) is 25.2. The van der Waals surface area contributed by atoms with Crippen molar-refractivity contribution in [1.29, 1.82) is 0 Å². The van der Waals surface area contributed by atoms with Gasteiger partial charge in [-0.25, -0.2) is 4.52 Å². The Morgan fingerprint density at radius 1 is 1.02 bits per heavy atom. The van der Waals surface area contributed by atoms with Crippen LogP contribution in [0.4, 0.5) is 11.4 Å². The normalized spacial score (nSPS) is 12.4. The van der Waals surface area contributed by atoms with Gasteiger partial charge < -0.3 is 10.1 Å². The minimum atomic E-state index is -0.556. The largest absolute Gasteiger partial charge is 0.478 e. The van der Waals surface area contributed by atoms with Crippen molar-refractivity contribution in [2.75, 3.05) is 12.0 Å². The summed E-state index contributed by atoms with van der Waals surface area (Å²) >= 11 is 7.56. The van der Waals surface area contributed by atoms with Crippen LogP contribution in [0.2, 0.25) is 5.02 Å². The molecule has 1 amide bonds. The highest BCUT2D eigenvalue weighted by molar-refractivity contribution is 7.99. The molecule has 4 rings (SSSR count). The molecule has 0 atom stereocenters. The molecule has 3 N–H and O–H groups in total. The van der Waals surface area contributed by atoms with E-state index >= 15 is 0 Å². The molecule has 4 aromatic rings. The van der Waals surface area contributed by atoms with E-state index in [-0.39, 0.29) is 28.8 Å². The quantitative estimate of drug-likeness (QED) is 0.0456. The number of aromatic nitrogens is 4. The van der Waals surface area contributed by atoms with Gasteiger partial charge in [0.2, 0.25) is 5.91 Å². The number of aromatic amines is 1. The van der Waals surface area contributed by atoms with Crippen molar-refractivity contribution in [3.63, 3.8) is 0 Å². The number of carbonyl (C=O) groups excluding carboxylic acids is 1. The Morgan fingerprint density at radius 3 is 2.35 bits per heavy atom. The van der Waals surface area contributed by atoms with Gasteiger partial charge in [-0.1, -0.05) is 90.6 Å². The van der Waals surface area contributed by atoms with Crippen LogP contribution in [-0.4, -0.2) is 42.9 Å². The fourth-order valence-corrected chi connectivity index (χ4v) is 6.55. The minimum absolute atomic E-state index is 0.0470. The number of nitrogens with zero attached hydrogens (tertiary/aromatic N) is 4. The number of H-pyrrole nitrogens is 1. The van der Waals surface area contributed by atoms with Gasteiger partial charge in [0.1, 0.15) is 17.5 Å². The number of carbonyl (C=O) groups is 1. The second kappa shape index (κ2) is 15.3. The van der Waals surface area contributed by atoms with E-state index < -0.39 is 15.9 Å². The first kappa shape index (κ1) is 37.2. The van der Waals surface area contributed by atoms with Gasteiger partial charge in [-0.2, -0.15) is 0 Å². The minimum Gasteiger partial charge on any atom is -0.478 e. The average molecular weight is 698 g/mol. The zero-order valence-electron chi connectivity index (χ0n) is 29.2. The molecule has 0 unspecified atom stereocenters. The smallest absolute Gasteiger partial charge is 0.291 e. The topological polar surface area (TPSA) is 139 Å². The van der Waals surface area contributed by atoms with Crippen molar-refractivity contribution >= 4 is 46.3 Å². The number of amides is 1. The monoisotopic (exact) mass is 697 g/mol. The predicted octanol–water partition coefficient (Wildman–Crippen LogP) is 9.05. The number of hydrogen-bond acceptors (Lipinski definition) is 8. The van der Waals surface area contributed by atoms with Crippen LogP contribution >= 0.6 is 23.4 Å². The van der Waals surface area contributed by atoms with E-state index in [1.54, 1.807) is 17.8 Å². The zero-order valence-corrected chi connectivity index (χ0v) is 30.8. The van der Waals surface area contributed by atoms with Crippen molar-refractivity contribution in [2.45, 2.75) is 120 Å². The summed E-state index contributed by atoms with van der Waals surface area (Å²) in [5.41, 5.74) is 1.03. The molecule has 13 heteroatoms. The third-order valence-corrected chi connectivity index (χ3v) is 10.3. The number of fused-ring (bicyclic) bond motifs is 1. The van der Waals surface area contributed by atoms with Crippen LogP contribution in [0.3, 0.4) is 0 Å². The molecule has 0 fully saturated rings. The average Bonchev–Trinajstić information content (AvgIpc) is 3.59. The van der Waals surface area contributed by atoms with Gasteiger partial charge in [0.15, 0.2) is 11.5 Å². The Balaban J connectivity index is 1.50. The Kier molecular flexibility index (Phi) is 11.9. The fourth-order valence-electron chi connectivity index (χ4n) is 5.18. The molecule has 0 aliphatic carbocycles. The number of anilines is 1. The maximum Gasteiger partial charge on any atom is 0.291 e. The highest BCUT2D eigenvalue weighted by atomic mass is 35.5. The molecule has 0 saturated carbocycles. The molecule has 2 aromatic heterocycles. The summed E-state index contributed by atoms with van der Waals surface area (Å²) < 4.78 is 7.79. The van der Waals surface area contributed by atoms with Crippen LogP contribution in [0, 0.1) is 10.1 Å². The summed E-state index contributed by atoms with van der Waals surface area (Å²) in [6.07, 6.45) is 6.11. The van der Waals surface area contributed by atoms with E-state index in [0.717, 1.165) is 45.5 Å². The lowest BCUT2D eigenvalue weighted by Gasteiger charge is -2.40. The van der Waals surface area contributed by atoms with Crippen molar-refractivity contribution < 1.29 is 14.5 Å². The van der Waals surface area contributed by atoms with Gasteiger partial charge in [0, 0.05) is 33.4 Å². The molecule has 2 heterocycles. The number of ether oxygens (including phenoxy) is 1. The van der Waals surface area contributed by atoms with Crippen molar-refractivity contribution in [3.05, 3.63) is 69.1 Å². The molecule has 48 heavy (non-hydrogen) atoms. The predicted molar refractivity (Wildman–Crippen MR) is 192 cm³/mol. The van der Waals surface area contributed by atoms with Crippen LogP contribution in [-0.2, 0) is 15.6 Å². The first-order valence-corrected chi connectivity index (χ1v) is 17.6. The van der Waals surface area contributed by atoms with Crippen LogP contribution in [0.15, 0.2) is 52.3 Å². The second-order valence-electron chi connectivity index (χ2n) is 14.2. The summed E-state index contributed by atoms with van der Waals surface area (Å²) in [6.45, 7) is 17.0. The van der Waals surface area contributed by atoms with Gasteiger partial charge in [-0.3, -0.25) is 25.3 Å². The summed E-state index contributed by atoms with van der Waals surface area (Å²) in [5, 5.41) is 30.7. The van der Waals surface area contributed by atoms with E-state index in [1.807, 2.05) is 28.8 Å². The highest BCUT2D eigenvalue weighted by Gasteiger charge is 2.43. The lowest BCUT2D eigenvalue weighted by atomic mass is 9.74. The third-order valence-electron chi connectivity index (χ3n) is 8.92. The van der Waals surface area contributed by atoms with E-state index in [2.05, 4.69) is 81.3 Å². The highest BCUT2D eigenvalue weighted by Crippen LogP contribution is 2.41. The molecule has 0 saturated heterocycles. The van der Waals surface area contributed by atoms with Gasteiger partial charge in [-0.05, 0) is 56.7 Å². The molecule has 260 valence electrons. The fraction of sp³-hybridized carbons (Fsp3) is 0.514. The first-order valence-electron chi connectivity index (χ1n) is 16.4. The number of benzene rings is 2. The van der Waals surface area contributed by atoms with Crippen molar-refractivity contribution in [3.8, 4) is 5.75 Å². The molecule has 0 aliphatic heterocycles. The maximum absolute atomic E-state index is 12.4. The molecule has 0 spiro atoms. The SMILES string of the molecule is CCCCCCCC(=O)Nc1ccc(Sc2c(C(C)(C)C)[nH]n3c(C(C)(C)C(C)(C)NCOc4ccc(Cl)c([N+](=O)[O-])c4)nnc23)cc1. The molecule has 0 aliphatic rings. The number of nitro benzene ring substituents is 1. The van der Waals surface area contributed by atoms with Crippen LogP contribution < -0.4 is 15.4 Å². The zero-order chi connectivity index (χ0) is 35.3. The van der Waals surface area contributed by atoms with E-state index in [9.17, 15) is 14.9 Å². The molecule has 11 nitrogen and oxygen atoms in total. The van der Waals surface area contributed by atoms with Crippen LogP contribution in [0.5, 0.6) is 5.75 Å². The standard InChI is InChI=1S/C35H48ClN7O4S/c1-9-10-11-12-13-14-28(44)38-23-15-18-25(19-16-23)48-29-30(33(2,3)4)41-42-31(29)39-40-32(42)34(5,6)35(7,8)37-22-47-24-17-20-26(36)27(21-24)43(45)46/h15-21,37,41H,9-14,22H2,1-8H3,(H,38,44). The van der Waals surface area contributed by atoms with E-state index in [4.69, 9.17) is 16.3 Å². The first-order chi connectivity index (χ1) is 22.5. The maximum atomic E-state index is 12.4. The second-order valence-corrected chi connectivity index (χ2v) is 15.7. The lowest BCUT2D eigenvalue weighted by molar-refractivity contribution is -0.384. The summed E-state index contributed by atoms with van der Waals surface area (Å²) in [5.74, 6) is 1.12. The van der Waals surface area contributed by atoms with Crippen LogP contribution in [0.25, 0.3) is 5.65 Å². The number of rotatable bonds is 16. The van der Waals surface area contributed by atoms with Crippen LogP contribution in [0.1, 0.15) is 105 Å². The number of halogens is 1. The van der Waals surface area contributed by atoms with Crippen molar-refractivity contribution in [2.24, 2.45) is 0 Å². The molecular formula is C35H48ClN7O4S. The number of unbranched alkanes of at least 4 members (excludes halogenated alkanes) is 4. The Morgan fingerprint density at radius 2 is 1.71 bits per heavy atom. The van der Waals surface area contributed by atoms with Gasteiger partial charge in [-0.15, -0.1) is 10.2 Å². The van der Waals surface area contributed by atoms with Gasteiger partial charge >= 0.3 is 0 Å². The Hall–Kier alpha value is -3.61. The number of nitrogens with one attached hydrogen (secondary N) is 3.